The molecule has 3 heteroatoms. The van der Waals surface area contributed by atoms with Gasteiger partial charge in [0.1, 0.15) is 0 Å². The number of carbonyl (C=O) groups excluding carboxylic acids is 1. The highest BCUT2D eigenvalue weighted by Gasteiger charge is 2.78. The molecule has 0 heterocycles. The Morgan fingerprint density at radius 2 is 1.93 bits per heavy atom. The van der Waals surface area contributed by atoms with Crippen molar-refractivity contribution in [1.82, 2.24) is 0 Å². The Morgan fingerprint density at radius 1 is 1.29 bits per heavy atom. The highest BCUT2D eigenvalue weighted by atomic mass is 16.5. The third-order valence-electron chi connectivity index (χ3n) is 4.28. The van der Waals surface area contributed by atoms with Crippen LogP contribution in [0.25, 0.3) is 0 Å². The predicted octanol–water partition coefficient (Wildman–Crippen LogP) is 1.75. The first-order valence-electron chi connectivity index (χ1n) is 5.25. The van der Waals surface area contributed by atoms with E-state index in [4.69, 9.17) is 9.47 Å². The quantitative estimate of drug-likeness (QED) is 0.634. The Balaban J connectivity index is 2.24. The fourth-order valence-corrected chi connectivity index (χ4v) is 3.41. The van der Waals surface area contributed by atoms with Gasteiger partial charge < -0.3 is 9.47 Å². The van der Waals surface area contributed by atoms with E-state index in [2.05, 4.69) is 6.92 Å². The first kappa shape index (κ1) is 9.97. The van der Waals surface area contributed by atoms with Gasteiger partial charge in [-0.1, -0.05) is 19.8 Å². The molecule has 0 aromatic heterocycles. The zero-order chi connectivity index (χ0) is 10.4. The van der Waals surface area contributed by atoms with E-state index in [1.165, 1.54) is 13.5 Å². The lowest BCUT2D eigenvalue weighted by Gasteiger charge is -2.25. The Morgan fingerprint density at radius 3 is 2.43 bits per heavy atom. The summed E-state index contributed by atoms with van der Waals surface area (Å²) in [6.45, 7) is 2.15. The largest absolute Gasteiger partial charge is 0.469 e. The number of esters is 1. The summed E-state index contributed by atoms with van der Waals surface area (Å²) in [5, 5.41) is 0. The second-order valence-corrected chi connectivity index (χ2v) is 4.67. The van der Waals surface area contributed by atoms with Crippen molar-refractivity contribution < 1.29 is 14.3 Å². The molecule has 3 nitrogen and oxygen atoms in total. The standard InChI is InChI=1S/C11H18O3/c1-10-6-4-5-7-11(10,14-3)8(10)9(12)13-2/h8H,4-7H2,1-3H3/t8-,10-,11-/m0/s1. The normalized spacial score (nSPS) is 45.5. The average Bonchev–Trinajstić information content (AvgIpc) is 2.78. The van der Waals surface area contributed by atoms with Gasteiger partial charge in [0.15, 0.2) is 0 Å². The van der Waals surface area contributed by atoms with Crippen molar-refractivity contribution >= 4 is 5.97 Å². The second-order valence-electron chi connectivity index (χ2n) is 4.67. The molecule has 0 aromatic rings. The summed E-state index contributed by atoms with van der Waals surface area (Å²) < 4.78 is 10.4. The van der Waals surface area contributed by atoms with Crippen LogP contribution in [0.4, 0.5) is 0 Å². The van der Waals surface area contributed by atoms with Crippen LogP contribution in [0.15, 0.2) is 0 Å². The van der Waals surface area contributed by atoms with Crippen LogP contribution in [0.1, 0.15) is 32.6 Å². The molecule has 0 aliphatic heterocycles. The van der Waals surface area contributed by atoms with Gasteiger partial charge in [-0.05, 0) is 12.8 Å². The molecule has 2 aliphatic rings. The van der Waals surface area contributed by atoms with Crippen LogP contribution in [0.2, 0.25) is 0 Å². The number of rotatable bonds is 2. The van der Waals surface area contributed by atoms with Crippen LogP contribution in [-0.2, 0) is 14.3 Å². The SMILES string of the molecule is COC(=O)[C@H]1[C@]2(C)CCCC[C@]12OC. The van der Waals surface area contributed by atoms with E-state index < -0.39 is 0 Å². The lowest BCUT2D eigenvalue weighted by Crippen LogP contribution is -2.25. The van der Waals surface area contributed by atoms with E-state index >= 15 is 0 Å². The maximum absolute atomic E-state index is 11.6. The fourth-order valence-electron chi connectivity index (χ4n) is 3.41. The maximum Gasteiger partial charge on any atom is 0.312 e. The molecule has 0 unspecified atom stereocenters. The van der Waals surface area contributed by atoms with Crippen molar-refractivity contribution in [2.75, 3.05) is 14.2 Å². The van der Waals surface area contributed by atoms with Gasteiger partial charge in [-0.2, -0.15) is 0 Å². The summed E-state index contributed by atoms with van der Waals surface area (Å²) in [5.74, 6) is -0.135. The molecule has 0 spiro atoms. The minimum absolute atomic E-state index is 0.0347. The summed E-state index contributed by atoms with van der Waals surface area (Å²) in [6, 6.07) is 0. The number of methoxy groups -OCH3 is 2. The molecule has 2 fully saturated rings. The van der Waals surface area contributed by atoms with Crippen molar-refractivity contribution in [1.29, 1.82) is 0 Å². The van der Waals surface area contributed by atoms with Crippen molar-refractivity contribution in [3.63, 3.8) is 0 Å². The first-order valence-corrected chi connectivity index (χ1v) is 5.25. The van der Waals surface area contributed by atoms with Crippen LogP contribution in [0, 0.1) is 11.3 Å². The van der Waals surface area contributed by atoms with Crippen molar-refractivity contribution in [3.05, 3.63) is 0 Å². The van der Waals surface area contributed by atoms with Crippen LogP contribution in [0.3, 0.4) is 0 Å². The second kappa shape index (κ2) is 2.96. The minimum Gasteiger partial charge on any atom is -0.469 e. The van der Waals surface area contributed by atoms with Gasteiger partial charge in [-0.3, -0.25) is 4.79 Å². The summed E-state index contributed by atoms with van der Waals surface area (Å²) in [6.07, 6.45) is 4.45. The number of hydrogen-bond acceptors (Lipinski definition) is 3. The number of ether oxygens (including phenoxy) is 2. The predicted molar refractivity (Wildman–Crippen MR) is 51.8 cm³/mol. The summed E-state index contributed by atoms with van der Waals surface area (Å²) in [4.78, 5) is 11.6. The highest BCUT2D eigenvalue weighted by molar-refractivity contribution is 5.80. The van der Waals surface area contributed by atoms with Crippen molar-refractivity contribution in [3.8, 4) is 0 Å². The Hall–Kier alpha value is -0.570. The number of hydrogen-bond donors (Lipinski definition) is 0. The van der Waals surface area contributed by atoms with Gasteiger partial charge in [0.25, 0.3) is 0 Å². The third kappa shape index (κ3) is 0.937. The lowest BCUT2D eigenvalue weighted by atomic mass is 9.87. The lowest BCUT2D eigenvalue weighted by molar-refractivity contribution is -0.144. The summed E-state index contributed by atoms with van der Waals surface area (Å²) >= 11 is 0. The molecular weight excluding hydrogens is 180 g/mol. The zero-order valence-electron chi connectivity index (χ0n) is 9.13. The maximum atomic E-state index is 11.6. The van der Waals surface area contributed by atoms with Crippen LogP contribution < -0.4 is 0 Å². The monoisotopic (exact) mass is 198 g/mol. The summed E-state index contributed by atoms with van der Waals surface area (Å²) in [7, 11) is 3.17. The van der Waals surface area contributed by atoms with Crippen LogP contribution in [0.5, 0.6) is 0 Å². The average molecular weight is 198 g/mol. The molecule has 80 valence electrons. The Kier molecular flexibility index (Phi) is 2.11. The van der Waals surface area contributed by atoms with Crippen LogP contribution in [-0.4, -0.2) is 25.8 Å². The molecule has 2 aliphatic carbocycles. The third-order valence-corrected chi connectivity index (χ3v) is 4.28. The van der Waals surface area contributed by atoms with E-state index in [0.717, 1.165) is 19.3 Å². The van der Waals surface area contributed by atoms with E-state index in [1.54, 1.807) is 7.11 Å². The highest BCUT2D eigenvalue weighted by Crippen LogP contribution is 2.71. The van der Waals surface area contributed by atoms with E-state index in [0.29, 0.717) is 0 Å². The molecule has 0 radical (unpaired) electrons. The molecule has 14 heavy (non-hydrogen) atoms. The van der Waals surface area contributed by atoms with E-state index in [9.17, 15) is 4.79 Å². The molecule has 0 saturated heterocycles. The minimum atomic E-state index is -0.210. The fraction of sp³-hybridized carbons (Fsp3) is 0.909. The molecule has 3 atom stereocenters. The Bertz CT molecular complexity index is 263. The van der Waals surface area contributed by atoms with Gasteiger partial charge in [-0.15, -0.1) is 0 Å². The molecule has 0 aromatic carbocycles. The van der Waals surface area contributed by atoms with E-state index in [1.807, 2.05) is 0 Å². The molecule has 2 rings (SSSR count). The smallest absolute Gasteiger partial charge is 0.312 e. The molecule has 0 amide bonds. The number of carbonyl (C=O) groups is 1. The number of fused-ring (bicyclic) bond motifs is 1. The zero-order valence-corrected chi connectivity index (χ0v) is 9.13. The molecule has 2 saturated carbocycles. The molecule has 0 N–H and O–H groups in total. The van der Waals surface area contributed by atoms with Gasteiger partial charge in [0.2, 0.25) is 0 Å². The van der Waals surface area contributed by atoms with Crippen molar-refractivity contribution in [2.45, 2.75) is 38.2 Å². The van der Waals surface area contributed by atoms with Gasteiger partial charge in [-0.25, -0.2) is 0 Å². The topological polar surface area (TPSA) is 35.5 Å². The van der Waals surface area contributed by atoms with Crippen LogP contribution >= 0.6 is 0 Å². The first-order chi connectivity index (χ1) is 6.62. The molecule has 0 bridgehead atoms. The van der Waals surface area contributed by atoms with E-state index in [-0.39, 0.29) is 22.9 Å². The van der Waals surface area contributed by atoms with Gasteiger partial charge in [0, 0.05) is 12.5 Å². The van der Waals surface area contributed by atoms with Gasteiger partial charge in [0.05, 0.1) is 18.6 Å². The summed E-state index contributed by atoms with van der Waals surface area (Å²) in [5.41, 5.74) is -0.175. The molecular formula is C11H18O3. The van der Waals surface area contributed by atoms with Gasteiger partial charge >= 0.3 is 5.97 Å². The Labute approximate surface area is 84.8 Å². The van der Waals surface area contributed by atoms with Crippen molar-refractivity contribution in [2.24, 2.45) is 11.3 Å².